The summed E-state index contributed by atoms with van der Waals surface area (Å²) in [5, 5.41) is 3.99. The molecular formula is C10H9ClN2O2S. The van der Waals surface area contributed by atoms with E-state index < -0.39 is 9.05 Å². The first-order valence-electron chi connectivity index (χ1n) is 4.52. The average Bonchev–Trinajstić information content (AvgIpc) is 2.63. The van der Waals surface area contributed by atoms with Gasteiger partial charge in [-0.3, -0.25) is 4.68 Å². The lowest BCUT2D eigenvalue weighted by Crippen LogP contribution is -1.99. The fraction of sp³-hybridized carbons (Fsp3) is 0.100. The van der Waals surface area contributed by atoms with Crippen molar-refractivity contribution in [2.45, 2.75) is 4.90 Å². The molecule has 16 heavy (non-hydrogen) atoms. The molecule has 84 valence electrons. The van der Waals surface area contributed by atoms with Crippen molar-refractivity contribution >= 4 is 19.7 Å². The maximum atomic E-state index is 11.4. The van der Waals surface area contributed by atoms with E-state index in [-0.39, 0.29) is 4.90 Å². The van der Waals surface area contributed by atoms with Gasteiger partial charge in [-0.2, -0.15) is 5.10 Å². The van der Waals surface area contributed by atoms with E-state index >= 15 is 0 Å². The van der Waals surface area contributed by atoms with Crippen molar-refractivity contribution in [1.82, 2.24) is 9.78 Å². The number of benzene rings is 1. The maximum Gasteiger partial charge on any atom is 0.261 e. The Kier molecular flexibility index (Phi) is 2.73. The van der Waals surface area contributed by atoms with E-state index in [4.69, 9.17) is 10.7 Å². The highest BCUT2D eigenvalue weighted by Crippen LogP contribution is 2.28. The molecular weight excluding hydrogens is 248 g/mol. The average molecular weight is 257 g/mol. The number of hydrogen-bond donors (Lipinski definition) is 0. The Bertz CT molecular complexity index is 619. The van der Waals surface area contributed by atoms with Gasteiger partial charge >= 0.3 is 0 Å². The highest BCUT2D eigenvalue weighted by Gasteiger charge is 2.17. The van der Waals surface area contributed by atoms with E-state index in [9.17, 15) is 8.42 Å². The van der Waals surface area contributed by atoms with Gasteiger partial charge < -0.3 is 0 Å². The molecule has 2 rings (SSSR count). The molecule has 0 N–H and O–H groups in total. The molecule has 6 heteroatoms. The summed E-state index contributed by atoms with van der Waals surface area (Å²) in [5.74, 6) is 0. The van der Waals surface area contributed by atoms with Gasteiger partial charge in [0.2, 0.25) is 0 Å². The molecule has 0 aliphatic carbocycles. The summed E-state index contributed by atoms with van der Waals surface area (Å²) < 4.78 is 24.4. The van der Waals surface area contributed by atoms with Gasteiger partial charge in [0, 0.05) is 29.5 Å². The lowest BCUT2D eigenvalue weighted by Gasteiger charge is -2.06. The molecule has 1 aromatic heterocycles. The second kappa shape index (κ2) is 3.92. The molecule has 0 atom stereocenters. The zero-order chi connectivity index (χ0) is 11.8. The lowest BCUT2D eigenvalue weighted by atomic mass is 10.1. The first-order chi connectivity index (χ1) is 7.50. The molecule has 4 nitrogen and oxygen atoms in total. The highest BCUT2D eigenvalue weighted by molar-refractivity contribution is 8.13. The molecule has 0 fully saturated rings. The van der Waals surface area contributed by atoms with Gasteiger partial charge in [0.25, 0.3) is 9.05 Å². The molecule has 0 aliphatic rings. The Labute approximate surface area is 97.9 Å². The van der Waals surface area contributed by atoms with Gasteiger partial charge in [0.1, 0.15) is 0 Å². The quantitative estimate of drug-likeness (QED) is 0.773. The number of halogens is 1. The number of nitrogens with zero attached hydrogens (tertiary/aromatic N) is 2. The topological polar surface area (TPSA) is 52.0 Å². The van der Waals surface area contributed by atoms with Crippen molar-refractivity contribution in [3.05, 3.63) is 36.5 Å². The van der Waals surface area contributed by atoms with Crippen LogP contribution in [0.2, 0.25) is 0 Å². The van der Waals surface area contributed by atoms with Gasteiger partial charge in [0.15, 0.2) is 0 Å². The predicted octanol–water partition coefficient (Wildman–Crippen LogP) is 2.01. The third-order valence-electron chi connectivity index (χ3n) is 2.25. The summed E-state index contributed by atoms with van der Waals surface area (Å²) in [6.07, 6.45) is 1.60. The van der Waals surface area contributed by atoms with Crippen molar-refractivity contribution in [2.75, 3.05) is 0 Å². The molecule has 0 saturated heterocycles. The van der Waals surface area contributed by atoms with Crippen LogP contribution in [0.1, 0.15) is 0 Å². The number of hydrogen-bond acceptors (Lipinski definition) is 3. The van der Waals surface area contributed by atoms with Crippen molar-refractivity contribution in [1.29, 1.82) is 0 Å². The van der Waals surface area contributed by atoms with Gasteiger partial charge in [-0.05, 0) is 12.1 Å². The van der Waals surface area contributed by atoms with E-state index in [1.165, 1.54) is 6.07 Å². The molecule has 1 heterocycles. The first-order valence-corrected chi connectivity index (χ1v) is 6.83. The minimum Gasteiger partial charge on any atom is -0.268 e. The first kappa shape index (κ1) is 11.2. The molecule has 0 saturated carbocycles. The number of rotatable bonds is 2. The molecule has 0 unspecified atom stereocenters. The van der Waals surface area contributed by atoms with E-state index in [2.05, 4.69) is 5.10 Å². The van der Waals surface area contributed by atoms with E-state index in [0.717, 1.165) is 0 Å². The van der Waals surface area contributed by atoms with Crippen LogP contribution in [0, 0.1) is 0 Å². The fourth-order valence-corrected chi connectivity index (χ4v) is 2.61. The van der Waals surface area contributed by atoms with Crippen molar-refractivity contribution in [3.63, 3.8) is 0 Å². The summed E-state index contributed by atoms with van der Waals surface area (Å²) in [4.78, 5) is 0.0975. The Morgan fingerprint density at radius 1 is 1.25 bits per heavy atom. The second-order valence-electron chi connectivity index (χ2n) is 3.27. The number of aromatic nitrogens is 2. The molecule has 0 radical (unpaired) electrons. The van der Waals surface area contributed by atoms with Crippen molar-refractivity contribution < 1.29 is 8.42 Å². The van der Waals surface area contributed by atoms with Crippen molar-refractivity contribution in [2.24, 2.45) is 7.05 Å². The Morgan fingerprint density at radius 2 is 1.94 bits per heavy atom. The summed E-state index contributed by atoms with van der Waals surface area (Å²) in [6, 6.07) is 8.31. The lowest BCUT2D eigenvalue weighted by molar-refractivity contribution is 0.609. The van der Waals surface area contributed by atoms with Crippen LogP contribution >= 0.6 is 10.7 Å². The van der Waals surface area contributed by atoms with Crippen LogP contribution in [0.3, 0.4) is 0 Å². The minimum atomic E-state index is -3.75. The SMILES string of the molecule is Cn1nccc1-c1ccccc1S(=O)(=O)Cl. The fourth-order valence-electron chi connectivity index (χ4n) is 1.53. The smallest absolute Gasteiger partial charge is 0.261 e. The third-order valence-corrected chi connectivity index (χ3v) is 3.63. The standard InChI is InChI=1S/C10H9ClN2O2S/c1-13-9(6-7-12-13)8-4-2-3-5-10(8)16(11,14)15/h2-7H,1H3. The summed E-state index contributed by atoms with van der Waals surface area (Å²) in [7, 11) is 3.37. The van der Waals surface area contributed by atoms with Crippen LogP contribution in [0.25, 0.3) is 11.3 Å². The molecule has 0 bridgehead atoms. The Hall–Kier alpha value is -1.33. The summed E-state index contributed by atoms with van der Waals surface area (Å²) in [5.41, 5.74) is 1.26. The van der Waals surface area contributed by atoms with Crippen LogP contribution in [-0.4, -0.2) is 18.2 Å². The Morgan fingerprint density at radius 3 is 2.50 bits per heavy atom. The Balaban J connectivity index is 2.72. The van der Waals surface area contributed by atoms with Crippen LogP contribution in [0.15, 0.2) is 41.4 Å². The van der Waals surface area contributed by atoms with Gasteiger partial charge in [-0.25, -0.2) is 8.42 Å². The third kappa shape index (κ3) is 1.96. The molecule has 0 spiro atoms. The van der Waals surface area contributed by atoms with Gasteiger partial charge in [-0.15, -0.1) is 0 Å². The maximum absolute atomic E-state index is 11.4. The van der Waals surface area contributed by atoms with Crippen LogP contribution in [0.4, 0.5) is 0 Å². The second-order valence-corrected chi connectivity index (χ2v) is 5.81. The van der Waals surface area contributed by atoms with E-state index in [1.807, 2.05) is 0 Å². The largest absolute Gasteiger partial charge is 0.268 e. The molecule has 0 aliphatic heterocycles. The summed E-state index contributed by atoms with van der Waals surface area (Å²) in [6.45, 7) is 0. The normalized spacial score (nSPS) is 11.6. The molecule has 0 amide bonds. The summed E-state index contributed by atoms with van der Waals surface area (Å²) >= 11 is 0. The zero-order valence-electron chi connectivity index (χ0n) is 8.46. The highest BCUT2D eigenvalue weighted by atomic mass is 35.7. The van der Waals surface area contributed by atoms with Crippen LogP contribution in [0.5, 0.6) is 0 Å². The number of aryl methyl sites for hydroxylation is 1. The van der Waals surface area contributed by atoms with Gasteiger partial charge in [-0.1, -0.05) is 18.2 Å². The molecule has 2 aromatic rings. The van der Waals surface area contributed by atoms with E-state index in [0.29, 0.717) is 11.3 Å². The van der Waals surface area contributed by atoms with Crippen molar-refractivity contribution in [3.8, 4) is 11.3 Å². The van der Waals surface area contributed by atoms with Crippen LogP contribution < -0.4 is 0 Å². The molecule has 1 aromatic carbocycles. The monoisotopic (exact) mass is 256 g/mol. The van der Waals surface area contributed by atoms with Crippen LogP contribution in [-0.2, 0) is 16.1 Å². The van der Waals surface area contributed by atoms with E-state index in [1.54, 1.807) is 42.2 Å². The van der Waals surface area contributed by atoms with Gasteiger partial charge in [0.05, 0.1) is 10.6 Å². The minimum absolute atomic E-state index is 0.0975. The predicted molar refractivity (Wildman–Crippen MR) is 61.7 cm³/mol. The zero-order valence-corrected chi connectivity index (χ0v) is 10.0.